The fourth-order valence-electron chi connectivity index (χ4n) is 2.11. The molecule has 1 aromatic rings. The molecule has 1 amide bonds. The van der Waals surface area contributed by atoms with Gasteiger partial charge in [0, 0.05) is 25.3 Å². The van der Waals surface area contributed by atoms with Crippen LogP contribution in [0.1, 0.15) is 5.56 Å². The molecule has 0 radical (unpaired) electrons. The maximum atomic E-state index is 11.9. The molecule has 1 fully saturated rings. The predicted octanol–water partition coefficient (Wildman–Crippen LogP) is 1.01. The molecule has 1 aliphatic heterocycles. The van der Waals surface area contributed by atoms with Crippen molar-refractivity contribution >= 4 is 24.0 Å². The molecule has 1 heterocycles. The molecule has 0 saturated carbocycles. The van der Waals surface area contributed by atoms with E-state index >= 15 is 0 Å². The third-order valence-corrected chi connectivity index (χ3v) is 3.19. The van der Waals surface area contributed by atoms with Gasteiger partial charge in [0.1, 0.15) is 0 Å². The lowest BCUT2D eigenvalue weighted by Gasteiger charge is -2.31. The van der Waals surface area contributed by atoms with Gasteiger partial charge >= 0.3 is 0 Å². The summed E-state index contributed by atoms with van der Waals surface area (Å²) >= 11 is 0. The Hall–Kier alpha value is -1.14. The molecule has 1 aromatic carbocycles. The van der Waals surface area contributed by atoms with Crippen LogP contribution in [0.4, 0.5) is 5.69 Å². The van der Waals surface area contributed by atoms with Crippen LogP contribution in [0, 0.1) is 6.92 Å². The molecule has 1 unspecified atom stereocenters. The summed E-state index contributed by atoms with van der Waals surface area (Å²) in [6, 6.07) is 7.79. The fraction of sp³-hybridized carbons (Fsp3) is 0.500. The van der Waals surface area contributed by atoms with Gasteiger partial charge < -0.3 is 15.8 Å². The lowest BCUT2D eigenvalue weighted by molar-refractivity contribution is -0.119. The van der Waals surface area contributed by atoms with E-state index in [2.05, 4.69) is 10.2 Å². The van der Waals surface area contributed by atoms with Crippen molar-refractivity contribution in [2.24, 2.45) is 5.73 Å². The predicted molar refractivity (Wildman–Crippen MR) is 82.3 cm³/mol. The Morgan fingerprint density at radius 1 is 1.45 bits per heavy atom. The van der Waals surface area contributed by atoms with Crippen LogP contribution < -0.4 is 11.1 Å². The van der Waals surface area contributed by atoms with Gasteiger partial charge in [-0.25, -0.2) is 0 Å². The first-order chi connectivity index (χ1) is 9.17. The zero-order valence-corrected chi connectivity index (χ0v) is 12.5. The number of hydrogen-bond acceptors (Lipinski definition) is 4. The van der Waals surface area contributed by atoms with Crippen molar-refractivity contribution in [1.82, 2.24) is 4.90 Å². The van der Waals surface area contributed by atoms with Gasteiger partial charge in [0.25, 0.3) is 0 Å². The van der Waals surface area contributed by atoms with Crippen LogP contribution in [0.3, 0.4) is 0 Å². The van der Waals surface area contributed by atoms with Gasteiger partial charge in [0.05, 0.1) is 19.3 Å². The third-order valence-electron chi connectivity index (χ3n) is 3.19. The summed E-state index contributed by atoms with van der Waals surface area (Å²) in [6.45, 7) is 5.03. The molecule has 1 atom stereocenters. The van der Waals surface area contributed by atoms with Crippen LogP contribution in [-0.2, 0) is 9.53 Å². The van der Waals surface area contributed by atoms with Crippen LogP contribution in [0.5, 0.6) is 0 Å². The molecule has 0 aromatic heterocycles. The van der Waals surface area contributed by atoms with Crippen LogP contribution in [0.2, 0.25) is 0 Å². The Balaban J connectivity index is 0.00000200. The summed E-state index contributed by atoms with van der Waals surface area (Å²) in [5.41, 5.74) is 7.59. The molecule has 2 rings (SSSR count). The van der Waals surface area contributed by atoms with E-state index < -0.39 is 0 Å². The molecule has 1 aliphatic rings. The highest BCUT2D eigenvalue weighted by molar-refractivity contribution is 5.92. The van der Waals surface area contributed by atoms with E-state index in [1.165, 1.54) is 5.56 Å². The summed E-state index contributed by atoms with van der Waals surface area (Å²) < 4.78 is 5.47. The largest absolute Gasteiger partial charge is 0.374 e. The normalized spacial score (nSPS) is 19.2. The summed E-state index contributed by atoms with van der Waals surface area (Å²) in [5.74, 6) is 0.00141. The average molecular weight is 300 g/mol. The lowest BCUT2D eigenvalue weighted by Crippen LogP contribution is -2.48. The van der Waals surface area contributed by atoms with Gasteiger partial charge in [0.2, 0.25) is 5.91 Å². The molecular formula is C14H22ClN3O2. The number of amides is 1. The quantitative estimate of drug-likeness (QED) is 0.871. The molecule has 0 aliphatic carbocycles. The molecule has 3 N–H and O–H groups in total. The number of benzene rings is 1. The second kappa shape index (κ2) is 8.21. The first kappa shape index (κ1) is 16.9. The van der Waals surface area contributed by atoms with E-state index in [-0.39, 0.29) is 24.4 Å². The number of nitrogens with zero attached hydrogens (tertiary/aromatic N) is 1. The Kier molecular flexibility index (Phi) is 6.95. The molecule has 112 valence electrons. The second-order valence-corrected chi connectivity index (χ2v) is 4.88. The van der Waals surface area contributed by atoms with E-state index in [4.69, 9.17) is 10.5 Å². The number of rotatable bonds is 4. The van der Waals surface area contributed by atoms with Gasteiger partial charge in [0.15, 0.2) is 0 Å². The number of halogens is 1. The maximum absolute atomic E-state index is 11.9. The van der Waals surface area contributed by atoms with Gasteiger partial charge in [-0.05, 0) is 19.1 Å². The molecular weight excluding hydrogens is 278 g/mol. The maximum Gasteiger partial charge on any atom is 0.238 e. The first-order valence-corrected chi connectivity index (χ1v) is 6.58. The topological polar surface area (TPSA) is 67.6 Å². The van der Waals surface area contributed by atoms with Gasteiger partial charge in [-0.2, -0.15) is 0 Å². The number of morpholine rings is 1. The van der Waals surface area contributed by atoms with E-state index in [0.717, 1.165) is 18.8 Å². The zero-order chi connectivity index (χ0) is 13.7. The number of aryl methyl sites for hydroxylation is 1. The van der Waals surface area contributed by atoms with E-state index in [9.17, 15) is 4.79 Å². The molecule has 20 heavy (non-hydrogen) atoms. The van der Waals surface area contributed by atoms with Gasteiger partial charge in [-0.3, -0.25) is 9.69 Å². The molecule has 5 nitrogen and oxygen atoms in total. The monoisotopic (exact) mass is 299 g/mol. The number of hydrogen-bond donors (Lipinski definition) is 2. The Morgan fingerprint density at radius 3 is 2.80 bits per heavy atom. The second-order valence-electron chi connectivity index (χ2n) is 4.88. The molecule has 1 saturated heterocycles. The molecule has 6 heteroatoms. The summed E-state index contributed by atoms with van der Waals surface area (Å²) in [5, 5.41) is 2.90. The summed E-state index contributed by atoms with van der Waals surface area (Å²) in [6.07, 6.45) is 0.0425. The Labute approximate surface area is 125 Å². The minimum absolute atomic E-state index is 0. The van der Waals surface area contributed by atoms with Crippen molar-refractivity contribution in [2.75, 3.05) is 38.1 Å². The fourth-order valence-corrected chi connectivity index (χ4v) is 2.11. The number of carbonyl (C=O) groups excluding carboxylic acids is 1. The highest BCUT2D eigenvalue weighted by Crippen LogP contribution is 2.09. The molecule has 0 spiro atoms. The number of ether oxygens (including phenoxy) is 1. The number of carbonyl (C=O) groups is 1. The van der Waals surface area contributed by atoms with Crippen molar-refractivity contribution in [2.45, 2.75) is 13.0 Å². The zero-order valence-electron chi connectivity index (χ0n) is 11.7. The van der Waals surface area contributed by atoms with Gasteiger partial charge in [-0.15, -0.1) is 12.4 Å². The van der Waals surface area contributed by atoms with Crippen LogP contribution >= 0.6 is 12.4 Å². The van der Waals surface area contributed by atoms with E-state index in [0.29, 0.717) is 19.7 Å². The average Bonchev–Trinajstić information content (AvgIpc) is 2.41. The van der Waals surface area contributed by atoms with Crippen molar-refractivity contribution in [3.8, 4) is 0 Å². The molecule has 0 bridgehead atoms. The Bertz CT molecular complexity index is 425. The minimum atomic E-state index is 0. The number of nitrogens with one attached hydrogen (secondary N) is 1. The van der Waals surface area contributed by atoms with Crippen molar-refractivity contribution in [3.63, 3.8) is 0 Å². The number of nitrogens with two attached hydrogens (primary N) is 1. The van der Waals surface area contributed by atoms with Crippen LogP contribution in [0.15, 0.2) is 24.3 Å². The van der Waals surface area contributed by atoms with Crippen molar-refractivity contribution < 1.29 is 9.53 Å². The summed E-state index contributed by atoms with van der Waals surface area (Å²) in [7, 11) is 0. The summed E-state index contributed by atoms with van der Waals surface area (Å²) in [4.78, 5) is 14.0. The van der Waals surface area contributed by atoms with Crippen molar-refractivity contribution in [1.29, 1.82) is 0 Å². The smallest absolute Gasteiger partial charge is 0.238 e. The van der Waals surface area contributed by atoms with Crippen LogP contribution in [0.25, 0.3) is 0 Å². The number of anilines is 1. The van der Waals surface area contributed by atoms with Crippen molar-refractivity contribution in [3.05, 3.63) is 29.8 Å². The third kappa shape index (κ3) is 5.09. The van der Waals surface area contributed by atoms with Crippen LogP contribution in [-0.4, -0.2) is 49.7 Å². The van der Waals surface area contributed by atoms with Gasteiger partial charge in [-0.1, -0.05) is 17.7 Å². The standard InChI is InChI=1S/C14H21N3O2.ClH/c1-11-2-4-12(5-3-11)16-14(18)10-17-6-7-19-13(8-15)9-17;/h2-5,13H,6-10,15H2,1H3,(H,16,18);1H. The van der Waals surface area contributed by atoms with E-state index in [1.807, 2.05) is 31.2 Å². The Morgan fingerprint density at radius 2 is 2.15 bits per heavy atom. The highest BCUT2D eigenvalue weighted by Gasteiger charge is 2.20. The first-order valence-electron chi connectivity index (χ1n) is 6.58. The highest BCUT2D eigenvalue weighted by atomic mass is 35.5. The van der Waals surface area contributed by atoms with E-state index in [1.54, 1.807) is 0 Å². The SMILES string of the molecule is Cc1ccc(NC(=O)CN2CCOC(CN)C2)cc1.Cl. The lowest BCUT2D eigenvalue weighted by atomic mass is 10.2. The minimum Gasteiger partial charge on any atom is -0.374 e.